The Morgan fingerprint density at radius 1 is 1.12 bits per heavy atom. The normalized spacial score (nSPS) is 11.1. The maximum Gasteiger partial charge on any atom is 0.200 e. The first-order valence-electron chi connectivity index (χ1n) is 4.67. The summed E-state index contributed by atoms with van der Waals surface area (Å²) < 4.78 is 10.1. The molecule has 5 nitrogen and oxygen atoms in total. The van der Waals surface area contributed by atoms with Crippen molar-refractivity contribution in [2.45, 2.75) is 6.92 Å². The summed E-state index contributed by atoms with van der Waals surface area (Å²) in [6, 6.07) is 3.32. The van der Waals surface area contributed by atoms with Gasteiger partial charge in [0, 0.05) is 5.56 Å². The van der Waals surface area contributed by atoms with Gasteiger partial charge in [-0.2, -0.15) is 0 Å². The van der Waals surface area contributed by atoms with Crippen LogP contribution in [0.5, 0.6) is 17.2 Å². The number of benzene rings is 1. The second kappa shape index (κ2) is 5.25. The number of oxime groups is 1. The lowest BCUT2D eigenvalue weighted by Crippen LogP contribution is -1.98. The van der Waals surface area contributed by atoms with Gasteiger partial charge in [-0.1, -0.05) is 5.16 Å². The van der Waals surface area contributed by atoms with Gasteiger partial charge in [0.1, 0.15) is 7.11 Å². The molecule has 0 aliphatic carbocycles. The Bertz CT molecular complexity index is 376. The van der Waals surface area contributed by atoms with Gasteiger partial charge in [-0.05, 0) is 19.1 Å². The van der Waals surface area contributed by atoms with Crippen LogP contribution < -0.4 is 9.47 Å². The van der Waals surface area contributed by atoms with Crippen molar-refractivity contribution >= 4 is 5.71 Å². The molecule has 0 aromatic heterocycles. The highest BCUT2D eigenvalue weighted by atomic mass is 16.6. The molecule has 1 N–H and O–H groups in total. The Kier molecular flexibility index (Phi) is 3.99. The smallest absolute Gasteiger partial charge is 0.200 e. The van der Waals surface area contributed by atoms with Gasteiger partial charge in [0.25, 0.3) is 0 Å². The largest absolute Gasteiger partial charge is 0.502 e. The van der Waals surface area contributed by atoms with Crippen LogP contribution in [0.3, 0.4) is 0 Å². The molecule has 16 heavy (non-hydrogen) atoms. The molecule has 0 unspecified atom stereocenters. The highest BCUT2D eigenvalue weighted by molar-refractivity contribution is 5.99. The van der Waals surface area contributed by atoms with Crippen molar-refractivity contribution < 1.29 is 19.4 Å². The molecule has 0 aliphatic rings. The minimum atomic E-state index is -0.0287. The Hall–Kier alpha value is -1.91. The molecule has 0 aliphatic heterocycles. The third-order valence-electron chi connectivity index (χ3n) is 2.13. The predicted molar refractivity (Wildman–Crippen MR) is 60.4 cm³/mol. The van der Waals surface area contributed by atoms with Gasteiger partial charge in [-0.15, -0.1) is 0 Å². The van der Waals surface area contributed by atoms with Crippen molar-refractivity contribution in [2.75, 3.05) is 21.3 Å². The Balaban J connectivity index is 3.27. The number of phenols is 1. The maximum absolute atomic E-state index is 9.70. The van der Waals surface area contributed by atoms with E-state index >= 15 is 0 Å². The van der Waals surface area contributed by atoms with Gasteiger partial charge in [0.05, 0.1) is 19.9 Å². The molecule has 5 heteroatoms. The Morgan fingerprint density at radius 2 is 1.62 bits per heavy atom. The van der Waals surface area contributed by atoms with E-state index in [0.29, 0.717) is 17.2 Å². The average molecular weight is 225 g/mol. The fourth-order valence-corrected chi connectivity index (χ4v) is 1.29. The molecule has 0 heterocycles. The van der Waals surface area contributed by atoms with E-state index in [1.807, 2.05) is 0 Å². The monoisotopic (exact) mass is 225 g/mol. The Labute approximate surface area is 94.2 Å². The lowest BCUT2D eigenvalue weighted by atomic mass is 10.1. The fraction of sp³-hybridized carbons (Fsp3) is 0.364. The van der Waals surface area contributed by atoms with Crippen LogP contribution in [0.2, 0.25) is 0 Å². The lowest BCUT2D eigenvalue weighted by Gasteiger charge is -2.10. The van der Waals surface area contributed by atoms with Crippen molar-refractivity contribution in [3.63, 3.8) is 0 Å². The second-order valence-electron chi connectivity index (χ2n) is 3.09. The van der Waals surface area contributed by atoms with Crippen molar-refractivity contribution in [1.82, 2.24) is 0 Å². The highest BCUT2D eigenvalue weighted by Crippen LogP contribution is 2.37. The fourth-order valence-electron chi connectivity index (χ4n) is 1.29. The summed E-state index contributed by atoms with van der Waals surface area (Å²) in [7, 11) is 4.42. The number of hydrogen-bond donors (Lipinski definition) is 1. The highest BCUT2D eigenvalue weighted by Gasteiger charge is 2.12. The van der Waals surface area contributed by atoms with Crippen molar-refractivity contribution in [2.24, 2.45) is 5.16 Å². The molecular formula is C11H15NO4. The minimum absolute atomic E-state index is 0.0287. The van der Waals surface area contributed by atoms with Gasteiger partial charge >= 0.3 is 0 Å². The van der Waals surface area contributed by atoms with E-state index in [0.717, 1.165) is 5.56 Å². The number of methoxy groups -OCH3 is 2. The van der Waals surface area contributed by atoms with Crippen molar-refractivity contribution in [1.29, 1.82) is 0 Å². The molecule has 0 saturated heterocycles. The van der Waals surface area contributed by atoms with E-state index in [9.17, 15) is 5.11 Å². The number of ether oxygens (including phenoxy) is 2. The number of nitrogens with zero attached hydrogens (tertiary/aromatic N) is 1. The summed E-state index contributed by atoms with van der Waals surface area (Å²) in [4.78, 5) is 4.68. The molecule has 1 aromatic rings. The van der Waals surface area contributed by atoms with E-state index in [1.54, 1.807) is 19.1 Å². The van der Waals surface area contributed by atoms with Crippen molar-refractivity contribution in [3.8, 4) is 17.2 Å². The van der Waals surface area contributed by atoms with E-state index in [4.69, 9.17) is 9.47 Å². The molecule has 0 spiro atoms. The third kappa shape index (κ3) is 2.36. The summed E-state index contributed by atoms with van der Waals surface area (Å²) >= 11 is 0. The first-order chi connectivity index (χ1) is 7.63. The predicted octanol–water partition coefficient (Wildman–Crippen LogP) is 1.78. The summed E-state index contributed by atoms with van der Waals surface area (Å²) in [5.74, 6) is 0.638. The molecule has 0 bridgehead atoms. The van der Waals surface area contributed by atoms with Gasteiger partial charge in [0.15, 0.2) is 11.5 Å². The van der Waals surface area contributed by atoms with Gasteiger partial charge in [-0.25, -0.2) is 0 Å². The summed E-state index contributed by atoms with van der Waals surface area (Å²) in [6.45, 7) is 1.79. The lowest BCUT2D eigenvalue weighted by molar-refractivity contribution is 0.213. The second-order valence-corrected chi connectivity index (χ2v) is 3.09. The summed E-state index contributed by atoms with van der Waals surface area (Å²) in [5.41, 5.74) is 1.42. The van der Waals surface area contributed by atoms with E-state index in [-0.39, 0.29) is 5.75 Å². The van der Waals surface area contributed by atoms with Gasteiger partial charge in [0.2, 0.25) is 5.75 Å². The summed E-state index contributed by atoms with van der Waals surface area (Å²) in [5, 5.41) is 13.5. The molecule has 0 atom stereocenters. The molecule has 0 radical (unpaired) electrons. The van der Waals surface area contributed by atoms with E-state index in [1.165, 1.54) is 21.3 Å². The van der Waals surface area contributed by atoms with Crippen LogP contribution in [0.1, 0.15) is 12.5 Å². The molecule has 0 saturated carbocycles. The summed E-state index contributed by atoms with van der Waals surface area (Å²) in [6.07, 6.45) is 0. The topological polar surface area (TPSA) is 60.3 Å². The molecular weight excluding hydrogens is 210 g/mol. The number of aromatic hydroxyl groups is 1. The molecule has 0 fully saturated rings. The van der Waals surface area contributed by atoms with Gasteiger partial charge in [-0.3, -0.25) is 0 Å². The number of rotatable bonds is 4. The standard InChI is InChI=1S/C11H15NO4/c1-7(12-16-4)8-5-9(14-2)11(13)10(6-8)15-3/h5-6,13H,1-4H3/b12-7+. The zero-order valence-corrected chi connectivity index (χ0v) is 9.77. The molecule has 88 valence electrons. The zero-order valence-electron chi connectivity index (χ0n) is 9.77. The van der Waals surface area contributed by atoms with Crippen LogP contribution in [0.4, 0.5) is 0 Å². The van der Waals surface area contributed by atoms with Crippen LogP contribution in [0.15, 0.2) is 17.3 Å². The van der Waals surface area contributed by atoms with Crippen LogP contribution >= 0.6 is 0 Å². The number of phenolic OH excluding ortho intramolecular Hbond substituents is 1. The first-order valence-corrected chi connectivity index (χ1v) is 4.67. The molecule has 0 amide bonds. The van der Waals surface area contributed by atoms with Crippen LogP contribution in [-0.4, -0.2) is 32.1 Å². The van der Waals surface area contributed by atoms with E-state index in [2.05, 4.69) is 9.99 Å². The average Bonchev–Trinajstić information content (AvgIpc) is 2.29. The SMILES string of the molecule is CO/N=C(\C)c1cc(OC)c(O)c(OC)c1. The van der Waals surface area contributed by atoms with Crippen LogP contribution in [0.25, 0.3) is 0 Å². The van der Waals surface area contributed by atoms with E-state index < -0.39 is 0 Å². The Morgan fingerprint density at radius 3 is 2.00 bits per heavy atom. The van der Waals surface area contributed by atoms with Crippen molar-refractivity contribution in [3.05, 3.63) is 17.7 Å². The van der Waals surface area contributed by atoms with Crippen LogP contribution in [0, 0.1) is 0 Å². The number of hydrogen-bond acceptors (Lipinski definition) is 5. The first kappa shape index (κ1) is 12.2. The van der Waals surface area contributed by atoms with Gasteiger partial charge < -0.3 is 19.4 Å². The quantitative estimate of drug-likeness (QED) is 0.626. The third-order valence-corrected chi connectivity index (χ3v) is 2.13. The zero-order chi connectivity index (χ0) is 12.1. The minimum Gasteiger partial charge on any atom is -0.502 e. The van der Waals surface area contributed by atoms with Crippen LogP contribution in [-0.2, 0) is 4.84 Å². The molecule has 1 rings (SSSR count). The molecule has 1 aromatic carbocycles. The maximum atomic E-state index is 9.70.